The average Bonchev–Trinajstić information content (AvgIpc) is 2.65. The van der Waals surface area contributed by atoms with Gasteiger partial charge in [0.2, 0.25) is 0 Å². The number of hydrogen-bond acceptors (Lipinski definition) is 5. The highest BCUT2D eigenvalue weighted by atomic mass is 16.5. The second kappa shape index (κ2) is 8.74. The molecule has 2 aromatic rings. The molecule has 0 bridgehead atoms. The molecule has 5 heteroatoms. The molecule has 0 aliphatic carbocycles. The zero-order valence-electron chi connectivity index (χ0n) is 15.1. The highest BCUT2D eigenvalue weighted by Crippen LogP contribution is 2.33. The van der Waals surface area contributed by atoms with E-state index < -0.39 is 12.2 Å². The molecular weight excluding hydrogens is 320 g/mol. The predicted molar refractivity (Wildman–Crippen MR) is 96.7 cm³/mol. The molecule has 2 unspecified atom stereocenters. The van der Waals surface area contributed by atoms with Gasteiger partial charge in [-0.05, 0) is 42.7 Å². The molecule has 0 heterocycles. The van der Waals surface area contributed by atoms with Gasteiger partial charge in [-0.3, -0.25) is 0 Å². The zero-order valence-corrected chi connectivity index (χ0v) is 15.1. The minimum Gasteiger partial charge on any atom is -0.497 e. The largest absolute Gasteiger partial charge is 0.497 e. The van der Waals surface area contributed by atoms with Crippen LogP contribution in [-0.2, 0) is 6.42 Å². The van der Waals surface area contributed by atoms with Crippen molar-refractivity contribution in [2.24, 2.45) is 0 Å². The van der Waals surface area contributed by atoms with Gasteiger partial charge in [0, 0.05) is 12.0 Å². The Labute approximate surface area is 148 Å². The van der Waals surface area contributed by atoms with Gasteiger partial charge >= 0.3 is 0 Å². The van der Waals surface area contributed by atoms with Crippen LogP contribution in [0.15, 0.2) is 42.5 Å². The van der Waals surface area contributed by atoms with E-state index in [0.717, 1.165) is 16.9 Å². The fourth-order valence-electron chi connectivity index (χ4n) is 2.88. The van der Waals surface area contributed by atoms with E-state index in [1.165, 1.54) is 0 Å². The quantitative estimate of drug-likeness (QED) is 0.769. The van der Waals surface area contributed by atoms with Crippen molar-refractivity contribution in [3.8, 4) is 17.2 Å². The maximum absolute atomic E-state index is 10.5. The van der Waals surface area contributed by atoms with E-state index in [9.17, 15) is 10.2 Å². The number of hydrogen-bond donors (Lipinski definition) is 2. The summed E-state index contributed by atoms with van der Waals surface area (Å²) in [6.45, 7) is 1.59. The molecule has 2 rings (SSSR count). The first-order valence-corrected chi connectivity index (χ1v) is 8.21. The van der Waals surface area contributed by atoms with Crippen LogP contribution in [0.2, 0.25) is 0 Å². The first-order valence-electron chi connectivity index (χ1n) is 8.21. The third-order valence-electron chi connectivity index (χ3n) is 4.38. The Kier molecular flexibility index (Phi) is 6.67. The Morgan fingerprint density at radius 3 is 1.96 bits per heavy atom. The van der Waals surface area contributed by atoms with E-state index in [0.29, 0.717) is 17.9 Å². The first kappa shape index (κ1) is 19.1. The number of ether oxygens (including phenoxy) is 3. The van der Waals surface area contributed by atoms with Gasteiger partial charge in [0.05, 0.1) is 33.5 Å². The number of aliphatic hydroxyl groups excluding tert-OH is 2. The van der Waals surface area contributed by atoms with Crippen LogP contribution in [0.4, 0.5) is 0 Å². The standard InChI is InChI=1S/C20H26O5/c1-13(21)20(22)18(14-5-8-16(23-2)9-6-14)11-15-7-10-17(24-3)12-19(15)25-4/h5-10,12-13,18,20-22H,11H2,1-4H3/t13?,18-,20?/m0/s1. The van der Waals surface area contributed by atoms with Crippen molar-refractivity contribution < 1.29 is 24.4 Å². The molecule has 0 aliphatic rings. The molecule has 2 N–H and O–H groups in total. The molecule has 0 fully saturated rings. The van der Waals surface area contributed by atoms with E-state index in [2.05, 4.69) is 0 Å². The molecule has 0 saturated heterocycles. The second-order valence-electron chi connectivity index (χ2n) is 5.99. The van der Waals surface area contributed by atoms with Crippen LogP contribution in [-0.4, -0.2) is 43.8 Å². The Hall–Kier alpha value is -2.24. The molecule has 0 spiro atoms. The zero-order chi connectivity index (χ0) is 18.4. The van der Waals surface area contributed by atoms with E-state index in [-0.39, 0.29) is 5.92 Å². The SMILES string of the molecule is COc1ccc([C@H](Cc2ccc(OC)cc2OC)C(O)C(C)O)cc1. The number of aliphatic hydroxyl groups is 2. The van der Waals surface area contributed by atoms with Crippen molar-refractivity contribution in [2.45, 2.75) is 31.5 Å². The number of benzene rings is 2. The van der Waals surface area contributed by atoms with Crippen molar-refractivity contribution in [3.05, 3.63) is 53.6 Å². The smallest absolute Gasteiger partial charge is 0.125 e. The lowest BCUT2D eigenvalue weighted by molar-refractivity contribution is 0.0133. The van der Waals surface area contributed by atoms with E-state index >= 15 is 0 Å². The third kappa shape index (κ3) is 4.65. The molecule has 25 heavy (non-hydrogen) atoms. The van der Waals surface area contributed by atoms with Crippen LogP contribution in [0.1, 0.15) is 24.0 Å². The number of rotatable bonds is 8. The van der Waals surface area contributed by atoms with Gasteiger partial charge in [0.1, 0.15) is 17.2 Å². The van der Waals surface area contributed by atoms with Gasteiger partial charge in [0.15, 0.2) is 0 Å². The van der Waals surface area contributed by atoms with Gasteiger partial charge in [-0.2, -0.15) is 0 Å². The lowest BCUT2D eigenvalue weighted by Crippen LogP contribution is -2.31. The van der Waals surface area contributed by atoms with Crippen LogP contribution in [0.25, 0.3) is 0 Å². The highest BCUT2D eigenvalue weighted by Gasteiger charge is 2.26. The summed E-state index contributed by atoms with van der Waals surface area (Å²) >= 11 is 0. The predicted octanol–water partition coefficient (Wildman–Crippen LogP) is 2.78. The summed E-state index contributed by atoms with van der Waals surface area (Å²) in [5.74, 6) is 1.86. The van der Waals surface area contributed by atoms with Gasteiger partial charge in [-0.25, -0.2) is 0 Å². The normalized spacial score (nSPS) is 14.5. The third-order valence-corrected chi connectivity index (χ3v) is 4.38. The summed E-state index contributed by atoms with van der Waals surface area (Å²) in [5.41, 5.74) is 1.86. The molecular formula is C20H26O5. The fourth-order valence-corrected chi connectivity index (χ4v) is 2.88. The fraction of sp³-hybridized carbons (Fsp3) is 0.400. The van der Waals surface area contributed by atoms with E-state index in [1.807, 2.05) is 42.5 Å². The molecule has 0 radical (unpaired) electrons. The number of methoxy groups -OCH3 is 3. The molecule has 0 saturated carbocycles. The van der Waals surface area contributed by atoms with E-state index in [1.54, 1.807) is 28.3 Å². The van der Waals surface area contributed by atoms with Crippen molar-refractivity contribution in [1.29, 1.82) is 0 Å². The van der Waals surface area contributed by atoms with Gasteiger partial charge in [-0.15, -0.1) is 0 Å². The molecule has 2 aromatic carbocycles. The summed E-state index contributed by atoms with van der Waals surface area (Å²) in [4.78, 5) is 0. The summed E-state index contributed by atoms with van der Waals surface area (Å²) in [7, 11) is 4.82. The maximum Gasteiger partial charge on any atom is 0.125 e. The Balaban J connectivity index is 2.36. The lowest BCUT2D eigenvalue weighted by Gasteiger charge is -2.26. The molecule has 0 aliphatic heterocycles. The highest BCUT2D eigenvalue weighted by molar-refractivity contribution is 5.42. The first-order chi connectivity index (χ1) is 12.0. The van der Waals surface area contributed by atoms with Gasteiger partial charge < -0.3 is 24.4 Å². The van der Waals surface area contributed by atoms with Crippen molar-refractivity contribution >= 4 is 0 Å². The summed E-state index contributed by atoms with van der Waals surface area (Å²) in [5, 5.41) is 20.5. The average molecular weight is 346 g/mol. The second-order valence-corrected chi connectivity index (χ2v) is 5.99. The van der Waals surface area contributed by atoms with Gasteiger partial charge in [-0.1, -0.05) is 18.2 Å². The molecule has 136 valence electrons. The lowest BCUT2D eigenvalue weighted by atomic mass is 9.85. The maximum atomic E-state index is 10.5. The van der Waals surface area contributed by atoms with Crippen LogP contribution < -0.4 is 14.2 Å². The Bertz CT molecular complexity index is 666. The van der Waals surface area contributed by atoms with Crippen molar-refractivity contribution in [2.75, 3.05) is 21.3 Å². The van der Waals surface area contributed by atoms with E-state index in [4.69, 9.17) is 14.2 Å². The monoisotopic (exact) mass is 346 g/mol. The summed E-state index contributed by atoms with van der Waals surface area (Å²) < 4.78 is 15.9. The van der Waals surface area contributed by atoms with Crippen LogP contribution >= 0.6 is 0 Å². The van der Waals surface area contributed by atoms with Crippen LogP contribution in [0, 0.1) is 0 Å². The molecule has 0 amide bonds. The molecule has 3 atom stereocenters. The molecule has 5 nitrogen and oxygen atoms in total. The topological polar surface area (TPSA) is 68.2 Å². The minimum absolute atomic E-state index is 0.284. The van der Waals surface area contributed by atoms with Crippen molar-refractivity contribution in [1.82, 2.24) is 0 Å². The molecule has 0 aromatic heterocycles. The summed E-state index contributed by atoms with van der Waals surface area (Å²) in [6.07, 6.45) is -1.23. The minimum atomic E-state index is -0.903. The van der Waals surface area contributed by atoms with Gasteiger partial charge in [0.25, 0.3) is 0 Å². The van der Waals surface area contributed by atoms with Crippen LogP contribution in [0.3, 0.4) is 0 Å². The summed E-state index contributed by atoms with van der Waals surface area (Å²) in [6, 6.07) is 13.1. The Morgan fingerprint density at radius 2 is 1.44 bits per heavy atom. The Morgan fingerprint density at radius 1 is 0.840 bits per heavy atom. The van der Waals surface area contributed by atoms with Crippen molar-refractivity contribution in [3.63, 3.8) is 0 Å². The van der Waals surface area contributed by atoms with Crippen LogP contribution in [0.5, 0.6) is 17.2 Å².